The molecule has 5 heteroatoms. The van der Waals surface area contributed by atoms with E-state index in [0.29, 0.717) is 19.1 Å². The summed E-state index contributed by atoms with van der Waals surface area (Å²) < 4.78 is 0. The summed E-state index contributed by atoms with van der Waals surface area (Å²) in [4.78, 5) is 16.9. The Hall–Kier alpha value is -1.43. The zero-order valence-electron chi connectivity index (χ0n) is 16.2. The largest absolute Gasteiger partial charge is 0.392 e. The molecule has 1 aromatic carbocycles. The molecule has 5 nitrogen and oxygen atoms in total. The summed E-state index contributed by atoms with van der Waals surface area (Å²) in [6.45, 7) is 14.0. The molecule has 0 bridgehead atoms. The second-order valence-corrected chi connectivity index (χ2v) is 7.56. The topological polar surface area (TPSA) is 55.8 Å². The number of carbonyl (C=O) groups excluding carboxylic acids is 1. The number of hydrogen-bond acceptors (Lipinski definition) is 4. The van der Waals surface area contributed by atoms with Crippen LogP contribution in [0.2, 0.25) is 0 Å². The van der Waals surface area contributed by atoms with Gasteiger partial charge in [-0.25, -0.2) is 0 Å². The van der Waals surface area contributed by atoms with Gasteiger partial charge in [0.15, 0.2) is 0 Å². The first-order chi connectivity index (χ1) is 11.8. The van der Waals surface area contributed by atoms with Gasteiger partial charge in [-0.1, -0.05) is 18.2 Å². The Balaban J connectivity index is 1.83. The molecule has 1 aliphatic heterocycles. The smallest absolute Gasteiger partial charge is 0.234 e. The summed E-state index contributed by atoms with van der Waals surface area (Å²) in [7, 11) is 0. The van der Waals surface area contributed by atoms with E-state index in [1.165, 1.54) is 11.1 Å². The van der Waals surface area contributed by atoms with Crippen LogP contribution in [-0.4, -0.2) is 65.7 Å². The lowest BCUT2D eigenvalue weighted by molar-refractivity contribution is -0.123. The fourth-order valence-electron chi connectivity index (χ4n) is 3.43. The molecule has 1 saturated heterocycles. The van der Waals surface area contributed by atoms with Crippen LogP contribution >= 0.6 is 0 Å². The second-order valence-electron chi connectivity index (χ2n) is 7.56. The second kappa shape index (κ2) is 8.79. The highest BCUT2D eigenvalue weighted by Gasteiger charge is 2.25. The average Bonchev–Trinajstić information content (AvgIpc) is 2.52. The van der Waals surface area contributed by atoms with Crippen LogP contribution in [0.5, 0.6) is 0 Å². The van der Waals surface area contributed by atoms with Crippen LogP contribution in [0.3, 0.4) is 0 Å². The van der Waals surface area contributed by atoms with E-state index in [1.54, 1.807) is 0 Å². The van der Waals surface area contributed by atoms with E-state index in [2.05, 4.69) is 54.1 Å². The third-order valence-electron chi connectivity index (χ3n) is 5.12. The number of hydrogen-bond donors (Lipinski definition) is 2. The molecule has 0 spiro atoms. The number of carbonyl (C=O) groups is 1. The number of piperazine rings is 1. The first kappa shape index (κ1) is 19.9. The minimum absolute atomic E-state index is 0.0146. The first-order valence-corrected chi connectivity index (χ1v) is 9.27. The maximum Gasteiger partial charge on any atom is 0.234 e. The Morgan fingerprint density at radius 2 is 2.00 bits per heavy atom. The minimum Gasteiger partial charge on any atom is -0.392 e. The molecular weight excluding hydrogens is 314 g/mol. The molecule has 1 heterocycles. The van der Waals surface area contributed by atoms with E-state index in [1.807, 2.05) is 13.8 Å². The maximum atomic E-state index is 12.4. The van der Waals surface area contributed by atoms with Crippen molar-refractivity contribution in [1.29, 1.82) is 0 Å². The van der Waals surface area contributed by atoms with Crippen molar-refractivity contribution in [2.75, 3.05) is 32.7 Å². The standard InChI is InChI=1S/C20H33N3O2/c1-14-6-7-19(10-15(14)2)18(5)21-20(25)13-22-8-9-23(12-17(4)24)16(3)11-22/h6-7,10,16-18,24H,8-9,11-13H2,1-5H3,(H,21,25)/t16-,17+,18+/m1/s1. The number of β-amino-alcohol motifs (C(OH)–C–C–N with tert-alkyl or cyclic N) is 1. The fraction of sp³-hybridized carbons (Fsp3) is 0.650. The summed E-state index contributed by atoms with van der Waals surface area (Å²) in [5.41, 5.74) is 3.67. The third kappa shape index (κ3) is 5.80. The number of aliphatic hydroxyl groups excluding tert-OH is 1. The van der Waals surface area contributed by atoms with Crippen LogP contribution in [-0.2, 0) is 4.79 Å². The van der Waals surface area contributed by atoms with Crippen molar-refractivity contribution in [3.63, 3.8) is 0 Å². The molecule has 3 atom stereocenters. The SMILES string of the molecule is Cc1ccc([C@H](C)NC(=O)CN2CCN(C[C@H](C)O)[C@H](C)C2)cc1C. The number of nitrogens with one attached hydrogen (secondary N) is 1. The molecule has 0 aliphatic carbocycles. The van der Waals surface area contributed by atoms with Gasteiger partial charge in [-0.15, -0.1) is 0 Å². The summed E-state index contributed by atoms with van der Waals surface area (Å²) >= 11 is 0. The van der Waals surface area contributed by atoms with Crippen molar-refractivity contribution < 1.29 is 9.90 Å². The maximum absolute atomic E-state index is 12.4. The van der Waals surface area contributed by atoms with Gasteiger partial charge in [-0.05, 0) is 51.3 Å². The zero-order chi connectivity index (χ0) is 18.6. The number of amides is 1. The molecule has 1 aliphatic rings. The molecule has 2 rings (SSSR count). The molecular formula is C20H33N3O2. The quantitative estimate of drug-likeness (QED) is 0.825. The third-order valence-corrected chi connectivity index (χ3v) is 5.12. The van der Waals surface area contributed by atoms with Gasteiger partial charge < -0.3 is 10.4 Å². The van der Waals surface area contributed by atoms with Gasteiger partial charge in [0.05, 0.1) is 18.7 Å². The van der Waals surface area contributed by atoms with Crippen LogP contribution in [0.1, 0.15) is 43.5 Å². The summed E-state index contributed by atoms with van der Waals surface area (Å²) in [5, 5.41) is 12.7. The van der Waals surface area contributed by atoms with E-state index in [4.69, 9.17) is 0 Å². The Morgan fingerprint density at radius 1 is 1.28 bits per heavy atom. The normalized spacial score (nSPS) is 21.8. The van der Waals surface area contributed by atoms with Crippen molar-refractivity contribution in [2.24, 2.45) is 0 Å². The Bertz CT molecular complexity index is 588. The zero-order valence-corrected chi connectivity index (χ0v) is 16.2. The number of aliphatic hydroxyl groups is 1. The van der Waals surface area contributed by atoms with Gasteiger partial charge >= 0.3 is 0 Å². The van der Waals surface area contributed by atoms with Crippen LogP contribution in [0.4, 0.5) is 0 Å². The van der Waals surface area contributed by atoms with E-state index in [9.17, 15) is 9.90 Å². The fourth-order valence-corrected chi connectivity index (χ4v) is 3.43. The molecule has 1 fully saturated rings. The van der Waals surface area contributed by atoms with Gasteiger partial charge in [0, 0.05) is 32.2 Å². The lowest BCUT2D eigenvalue weighted by Gasteiger charge is -2.40. The molecule has 1 amide bonds. The predicted molar refractivity (Wildman–Crippen MR) is 102 cm³/mol. The van der Waals surface area contributed by atoms with E-state index in [0.717, 1.165) is 25.2 Å². The van der Waals surface area contributed by atoms with Crippen molar-refractivity contribution in [2.45, 2.75) is 52.8 Å². The van der Waals surface area contributed by atoms with Gasteiger partial charge in [-0.2, -0.15) is 0 Å². The van der Waals surface area contributed by atoms with Crippen molar-refractivity contribution in [3.05, 3.63) is 34.9 Å². The Morgan fingerprint density at radius 3 is 2.60 bits per heavy atom. The molecule has 25 heavy (non-hydrogen) atoms. The Kier molecular flexibility index (Phi) is 6.99. The summed E-state index contributed by atoms with van der Waals surface area (Å²) in [5.74, 6) is 0.0712. The molecule has 2 N–H and O–H groups in total. The van der Waals surface area contributed by atoms with Crippen LogP contribution < -0.4 is 5.32 Å². The van der Waals surface area contributed by atoms with Crippen LogP contribution in [0, 0.1) is 13.8 Å². The minimum atomic E-state index is -0.309. The predicted octanol–water partition coefficient (Wildman–Crippen LogP) is 1.87. The van der Waals surface area contributed by atoms with E-state index >= 15 is 0 Å². The van der Waals surface area contributed by atoms with E-state index < -0.39 is 0 Å². The van der Waals surface area contributed by atoms with Crippen LogP contribution in [0.15, 0.2) is 18.2 Å². The number of benzene rings is 1. The average molecular weight is 348 g/mol. The lowest BCUT2D eigenvalue weighted by Crippen LogP contribution is -2.55. The van der Waals surface area contributed by atoms with Gasteiger partial charge in [0.1, 0.15) is 0 Å². The number of aryl methyl sites for hydroxylation is 2. The van der Waals surface area contributed by atoms with Crippen molar-refractivity contribution in [3.8, 4) is 0 Å². The van der Waals surface area contributed by atoms with Crippen molar-refractivity contribution >= 4 is 5.91 Å². The van der Waals surface area contributed by atoms with Gasteiger partial charge in [0.2, 0.25) is 5.91 Å². The summed E-state index contributed by atoms with van der Waals surface area (Å²) in [6.07, 6.45) is -0.309. The highest BCUT2D eigenvalue weighted by molar-refractivity contribution is 5.78. The molecule has 0 aromatic heterocycles. The lowest BCUT2D eigenvalue weighted by atomic mass is 10.0. The molecule has 1 aromatic rings. The first-order valence-electron chi connectivity index (χ1n) is 9.27. The molecule has 0 unspecified atom stereocenters. The summed E-state index contributed by atoms with van der Waals surface area (Å²) in [6, 6.07) is 6.71. The van der Waals surface area contributed by atoms with Crippen LogP contribution in [0.25, 0.3) is 0 Å². The monoisotopic (exact) mass is 347 g/mol. The highest BCUT2D eigenvalue weighted by Crippen LogP contribution is 2.17. The highest BCUT2D eigenvalue weighted by atomic mass is 16.3. The van der Waals surface area contributed by atoms with Gasteiger partial charge in [-0.3, -0.25) is 14.6 Å². The molecule has 140 valence electrons. The molecule has 0 saturated carbocycles. The van der Waals surface area contributed by atoms with E-state index in [-0.39, 0.29) is 18.1 Å². The number of rotatable bonds is 6. The van der Waals surface area contributed by atoms with Crippen molar-refractivity contribution in [1.82, 2.24) is 15.1 Å². The van der Waals surface area contributed by atoms with Gasteiger partial charge in [0.25, 0.3) is 0 Å². The molecule has 0 radical (unpaired) electrons. The number of nitrogens with zero attached hydrogens (tertiary/aromatic N) is 2. The Labute approximate surface area is 152 Å².